The minimum atomic E-state index is -0.406. The van der Waals surface area contributed by atoms with Crippen LogP contribution in [-0.4, -0.2) is 61.1 Å². The molecule has 8 nitrogen and oxygen atoms in total. The van der Waals surface area contributed by atoms with Gasteiger partial charge in [-0.1, -0.05) is 11.3 Å². The fourth-order valence-electron chi connectivity index (χ4n) is 2.89. The van der Waals surface area contributed by atoms with E-state index in [1.54, 1.807) is 37.1 Å². The Labute approximate surface area is 160 Å². The fraction of sp³-hybridized carbons (Fsp3) is 0.444. The Bertz CT molecular complexity index is 866. The van der Waals surface area contributed by atoms with Crippen LogP contribution in [0.1, 0.15) is 23.7 Å². The zero-order valence-electron chi connectivity index (χ0n) is 15.2. The van der Waals surface area contributed by atoms with Crippen molar-refractivity contribution in [1.29, 1.82) is 0 Å². The van der Waals surface area contributed by atoms with Crippen molar-refractivity contribution in [3.8, 4) is 0 Å². The predicted octanol–water partition coefficient (Wildman–Crippen LogP) is 1.91. The number of esters is 1. The zero-order valence-corrected chi connectivity index (χ0v) is 16.0. The van der Waals surface area contributed by atoms with Crippen LogP contribution in [0.15, 0.2) is 18.2 Å². The van der Waals surface area contributed by atoms with E-state index in [0.29, 0.717) is 42.5 Å². The van der Waals surface area contributed by atoms with Crippen molar-refractivity contribution in [3.05, 3.63) is 23.8 Å². The van der Waals surface area contributed by atoms with Crippen molar-refractivity contribution in [3.63, 3.8) is 0 Å². The smallest absolute Gasteiger partial charge is 0.338 e. The summed E-state index contributed by atoms with van der Waals surface area (Å²) in [6.07, 6.45) is 0.188. The van der Waals surface area contributed by atoms with E-state index in [-0.39, 0.29) is 24.2 Å². The van der Waals surface area contributed by atoms with Gasteiger partial charge >= 0.3 is 5.97 Å². The van der Waals surface area contributed by atoms with Gasteiger partial charge in [0.15, 0.2) is 5.13 Å². The lowest BCUT2D eigenvalue weighted by molar-refractivity contribution is -0.128. The highest BCUT2D eigenvalue weighted by Crippen LogP contribution is 2.28. The third-order valence-corrected chi connectivity index (χ3v) is 5.21. The van der Waals surface area contributed by atoms with Crippen molar-refractivity contribution in [2.75, 3.05) is 38.7 Å². The number of hydrogen-bond donors (Lipinski definition) is 1. The van der Waals surface area contributed by atoms with E-state index in [1.807, 2.05) is 0 Å². The molecule has 2 heterocycles. The molecule has 1 atom stereocenters. The molecule has 0 bridgehead atoms. The summed E-state index contributed by atoms with van der Waals surface area (Å²) < 4.78 is 10.8. The Morgan fingerprint density at radius 1 is 1.41 bits per heavy atom. The first kappa shape index (κ1) is 19.2. The molecule has 1 saturated heterocycles. The Balaban J connectivity index is 1.67. The molecule has 9 heteroatoms. The first-order valence-corrected chi connectivity index (χ1v) is 9.48. The van der Waals surface area contributed by atoms with Crippen LogP contribution in [0.25, 0.3) is 10.2 Å². The number of nitrogens with one attached hydrogen (secondary N) is 1. The van der Waals surface area contributed by atoms with Gasteiger partial charge in [-0.2, -0.15) is 0 Å². The summed E-state index contributed by atoms with van der Waals surface area (Å²) in [5.74, 6) is -1.07. The Morgan fingerprint density at radius 3 is 2.96 bits per heavy atom. The number of hydrogen-bond acceptors (Lipinski definition) is 7. The van der Waals surface area contributed by atoms with E-state index in [2.05, 4.69) is 10.3 Å². The molecule has 1 unspecified atom stereocenters. The first-order chi connectivity index (χ1) is 13.0. The summed E-state index contributed by atoms with van der Waals surface area (Å²) in [5.41, 5.74) is 1.13. The molecule has 27 heavy (non-hydrogen) atoms. The summed E-state index contributed by atoms with van der Waals surface area (Å²) in [5, 5.41) is 3.23. The largest absolute Gasteiger partial charge is 0.462 e. The van der Waals surface area contributed by atoms with Crippen LogP contribution in [0.3, 0.4) is 0 Å². The summed E-state index contributed by atoms with van der Waals surface area (Å²) in [4.78, 5) is 42.3. The second-order valence-corrected chi connectivity index (χ2v) is 7.18. The molecule has 2 aromatic rings. The molecule has 1 aliphatic heterocycles. The van der Waals surface area contributed by atoms with E-state index >= 15 is 0 Å². The van der Waals surface area contributed by atoms with E-state index in [0.717, 1.165) is 4.70 Å². The molecule has 0 aliphatic carbocycles. The predicted molar refractivity (Wildman–Crippen MR) is 101 cm³/mol. The van der Waals surface area contributed by atoms with Gasteiger partial charge in [0, 0.05) is 26.6 Å². The van der Waals surface area contributed by atoms with E-state index in [1.165, 1.54) is 11.3 Å². The van der Waals surface area contributed by atoms with Crippen molar-refractivity contribution < 1.29 is 23.9 Å². The van der Waals surface area contributed by atoms with Crippen LogP contribution >= 0.6 is 11.3 Å². The topological polar surface area (TPSA) is 97.8 Å². The number of methoxy groups -OCH3 is 1. The Hall–Kier alpha value is -2.52. The highest BCUT2D eigenvalue weighted by Gasteiger charge is 2.34. The van der Waals surface area contributed by atoms with Crippen LogP contribution in [0.4, 0.5) is 5.13 Å². The fourth-order valence-corrected chi connectivity index (χ4v) is 3.80. The molecule has 144 valence electrons. The van der Waals surface area contributed by atoms with E-state index < -0.39 is 5.92 Å². The van der Waals surface area contributed by atoms with Gasteiger partial charge in [-0.15, -0.1) is 0 Å². The number of likely N-dealkylation sites (tertiary alicyclic amines) is 1. The highest BCUT2D eigenvalue weighted by molar-refractivity contribution is 7.22. The lowest BCUT2D eigenvalue weighted by Crippen LogP contribution is -2.30. The number of ether oxygens (including phenoxy) is 2. The minimum Gasteiger partial charge on any atom is -0.462 e. The summed E-state index contributed by atoms with van der Waals surface area (Å²) in [6, 6.07) is 5.07. The number of amides is 2. The monoisotopic (exact) mass is 391 g/mol. The van der Waals surface area contributed by atoms with Gasteiger partial charge in [-0.3, -0.25) is 9.59 Å². The standard InChI is InChI=1S/C18H21N3O5S/c1-3-26-17(24)11-4-5-13-14(8-11)27-18(19-13)20-16(23)12-9-15(22)21(10-12)6-7-25-2/h4-5,8,12H,3,6-7,9-10H2,1-2H3,(H,19,20,23). The summed E-state index contributed by atoms with van der Waals surface area (Å²) in [7, 11) is 1.57. The molecule has 0 spiro atoms. The number of anilines is 1. The molecular weight excluding hydrogens is 370 g/mol. The molecule has 1 aliphatic rings. The molecule has 1 aromatic heterocycles. The number of carbonyl (C=O) groups excluding carboxylic acids is 3. The molecule has 0 saturated carbocycles. The number of thiazole rings is 1. The lowest BCUT2D eigenvalue weighted by atomic mass is 10.1. The first-order valence-electron chi connectivity index (χ1n) is 8.67. The number of carbonyl (C=O) groups is 3. The van der Waals surface area contributed by atoms with Crippen molar-refractivity contribution in [1.82, 2.24) is 9.88 Å². The molecule has 2 amide bonds. The molecule has 0 radical (unpaired) electrons. The third kappa shape index (κ3) is 4.42. The van der Waals surface area contributed by atoms with Gasteiger partial charge in [0.2, 0.25) is 11.8 Å². The summed E-state index contributed by atoms with van der Waals surface area (Å²) >= 11 is 1.28. The van der Waals surface area contributed by atoms with Crippen LogP contribution in [0, 0.1) is 5.92 Å². The third-order valence-electron chi connectivity index (χ3n) is 4.28. The number of rotatable bonds is 7. The van der Waals surface area contributed by atoms with Crippen molar-refractivity contribution in [2.45, 2.75) is 13.3 Å². The molecule has 3 rings (SSSR count). The van der Waals surface area contributed by atoms with Gasteiger partial charge in [-0.25, -0.2) is 9.78 Å². The maximum atomic E-state index is 12.5. The Kier molecular flexibility index (Phi) is 6.02. The number of fused-ring (bicyclic) bond motifs is 1. The van der Waals surface area contributed by atoms with E-state index in [9.17, 15) is 14.4 Å². The molecule has 1 N–H and O–H groups in total. The average molecular weight is 391 g/mol. The number of nitrogens with zero attached hydrogens (tertiary/aromatic N) is 2. The highest BCUT2D eigenvalue weighted by atomic mass is 32.1. The SMILES string of the molecule is CCOC(=O)c1ccc2nc(NC(=O)C3CC(=O)N(CCOC)C3)sc2c1. The maximum Gasteiger partial charge on any atom is 0.338 e. The second-order valence-electron chi connectivity index (χ2n) is 6.14. The van der Waals surface area contributed by atoms with Crippen LogP contribution in [-0.2, 0) is 19.1 Å². The van der Waals surface area contributed by atoms with Gasteiger partial charge in [0.25, 0.3) is 0 Å². The minimum absolute atomic E-state index is 0.0458. The quantitative estimate of drug-likeness (QED) is 0.724. The van der Waals surface area contributed by atoms with Crippen LogP contribution < -0.4 is 5.32 Å². The molecule has 1 fully saturated rings. The van der Waals surface area contributed by atoms with Gasteiger partial charge in [0.05, 0.1) is 34.9 Å². The van der Waals surface area contributed by atoms with Crippen molar-refractivity contribution in [2.24, 2.45) is 5.92 Å². The average Bonchev–Trinajstić information content (AvgIpc) is 3.22. The normalized spacial score (nSPS) is 16.7. The Morgan fingerprint density at radius 2 is 2.22 bits per heavy atom. The maximum absolute atomic E-state index is 12.5. The number of aromatic nitrogens is 1. The van der Waals surface area contributed by atoms with Crippen LogP contribution in [0.2, 0.25) is 0 Å². The molecule has 1 aromatic carbocycles. The van der Waals surface area contributed by atoms with Crippen molar-refractivity contribution >= 4 is 44.5 Å². The van der Waals surface area contributed by atoms with Gasteiger partial charge < -0.3 is 19.7 Å². The summed E-state index contributed by atoms with van der Waals surface area (Å²) in [6.45, 7) is 3.37. The number of benzene rings is 1. The van der Waals surface area contributed by atoms with Gasteiger partial charge in [-0.05, 0) is 25.1 Å². The molecular formula is C18H21N3O5S. The zero-order chi connectivity index (χ0) is 19.4. The van der Waals surface area contributed by atoms with E-state index in [4.69, 9.17) is 9.47 Å². The second kappa shape index (κ2) is 8.45. The van der Waals surface area contributed by atoms with Gasteiger partial charge in [0.1, 0.15) is 0 Å². The van der Waals surface area contributed by atoms with Crippen LogP contribution in [0.5, 0.6) is 0 Å². The lowest BCUT2D eigenvalue weighted by Gasteiger charge is -2.15.